The Bertz CT molecular complexity index is 447. The maximum atomic E-state index is 5.85. The van der Waals surface area contributed by atoms with Crippen LogP contribution in [0.2, 0.25) is 0 Å². The number of aryl methyl sites for hydroxylation is 2. The number of para-hydroxylation sites is 1. The van der Waals surface area contributed by atoms with Gasteiger partial charge in [-0.3, -0.25) is 4.99 Å². The van der Waals surface area contributed by atoms with Crippen LogP contribution in [0.3, 0.4) is 0 Å². The molecule has 0 aliphatic rings. The summed E-state index contributed by atoms with van der Waals surface area (Å²) < 4.78 is 11.2. The number of rotatable bonds is 9. The highest BCUT2D eigenvalue weighted by atomic mass is 127. The fourth-order valence-electron chi connectivity index (χ4n) is 2.10. The van der Waals surface area contributed by atoms with Gasteiger partial charge in [-0.25, -0.2) is 0 Å². The monoisotopic (exact) mass is 435 g/mol. The first kappa shape index (κ1) is 22.0. The van der Waals surface area contributed by atoms with Gasteiger partial charge in [-0.15, -0.1) is 24.0 Å². The molecular formula is C17H30IN3O2. The van der Waals surface area contributed by atoms with E-state index in [0.717, 1.165) is 37.9 Å². The molecule has 0 aromatic heterocycles. The van der Waals surface area contributed by atoms with Gasteiger partial charge in [0.05, 0.1) is 6.54 Å². The quantitative estimate of drug-likeness (QED) is 0.271. The van der Waals surface area contributed by atoms with E-state index in [4.69, 9.17) is 9.47 Å². The Hall–Kier alpha value is -1.02. The minimum atomic E-state index is 0. The lowest BCUT2D eigenvalue weighted by atomic mass is 10.1. The molecule has 0 saturated heterocycles. The molecule has 0 aliphatic carbocycles. The first-order chi connectivity index (χ1) is 10.7. The highest BCUT2D eigenvalue weighted by molar-refractivity contribution is 14.0. The van der Waals surface area contributed by atoms with E-state index < -0.39 is 0 Å². The number of hydrogen-bond donors (Lipinski definition) is 2. The van der Waals surface area contributed by atoms with E-state index in [1.807, 2.05) is 13.0 Å². The summed E-state index contributed by atoms with van der Waals surface area (Å²) >= 11 is 0. The second kappa shape index (κ2) is 13.4. The maximum Gasteiger partial charge on any atom is 0.191 e. The summed E-state index contributed by atoms with van der Waals surface area (Å²) in [7, 11) is 1.77. The van der Waals surface area contributed by atoms with E-state index in [-0.39, 0.29) is 24.0 Å². The van der Waals surface area contributed by atoms with Crippen LogP contribution in [0, 0.1) is 13.8 Å². The van der Waals surface area contributed by atoms with Crippen molar-refractivity contribution in [3.05, 3.63) is 29.3 Å². The number of benzene rings is 1. The van der Waals surface area contributed by atoms with Crippen LogP contribution in [-0.4, -0.2) is 45.9 Å². The average Bonchev–Trinajstić information content (AvgIpc) is 2.51. The average molecular weight is 435 g/mol. The van der Waals surface area contributed by atoms with Gasteiger partial charge in [0.15, 0.2) is 5.96 Å². The Labute approximate surface area is 157 Å². The summed E-state index contributed by atoms with van der Waals surface area (Å²) in [5.74, 6) is 1.77. The molecule has 132 valence electrons. The van der Waals surface area contributed by atoms with Gasteiger partial charge in [0.1, 0.15) is 12.4 Å². The third-order valence-electron chi connectivity index (χ3n) is 3.24. The van der Waals surface area contributed by atoms with Gasteiger partial charge < -0.3 is 20.1 Å². The van der Waals surface area contributed by atoms with Crippen molar-refractivity contribution in [2.75, 3.05) is 40.0 Å². The fourth-order valence-corrected chi connectivity index (χ4v) is 2.10. The van der Waals surface area contributed by atoms with Crippen LogP contribution in [0.25, 0.3) is 0 Å². The smallest absolute Gasteiger partial charge is 0.191 e. The van der Waals surface area contributed by atoms with Crippen LogP contribution in [0.5, 0.6) is 5.75 Å². The minimum Gasteiger partial charge on any atom is -0.491 e. The van der Waals surface area contributed by atoms with Crippen molar-refractivity contribution in [2.24, 2.45) is 4.99 Å². The van der Waals surface area contributed by atoms with Gasteiger partial charge in [-0.05, 0) is 38.3 Å². The van der Waals surface area contributed by atoms with Crippen molar-refractivity contribution in [1.29, 1.82) is 0 Å². The van der Waals surface area contributed by atoms with Gasteiger partial charge in [0.2, 0.25) is 0 Å². The number of guanidine groups is 1. The maximum absolute atomic E-state index is 5.85. The molecule has 0 unspecified atom stereocenters. The topological polar surface area (TPSA) is 54.9 Å². The summed E-state index contributed by atoms with van der Waals surface area (Å²) in [6.45, 7) is 9.83. The van der Waals surface area contributed by atoms with Crippen molar-refractivity contribution in [2.45, 2.75) is 27.2 Å². The number of halogens is 1. The lowest BCUT2D eigenvalue weighted by Gasteiger charge is -2.14. The van der Waals surface area contributed by atoms with E-state index in [0.29, 0.717) is 13.2 Å². The SMILES string of the molecule is CCOCCCNC(=NC)NCCOc1c(C)cccc1C.I. The standard InChI is InChI=1S/C17H29N3O2.HI/c1-5-21-12-7-10-19-17(18-4)20-11-13-22-16-14(2)8-6-9-15(16)3;/h6,8-9H,5,7,10-13H2,1-4H3,(H2,18,19,20);1H. The molecule has 23 heavy (non-hydrogen) atoms. The normalized spacial score (nSPS) is 10.9. The molecule has 2 N–H and O–H groups in total. The molecule has 1 aromatic carbocycles. The lowest BCUT2D eigenvalue weighted by molar-refractivity contribution is 0.145. The van der Waals surface area contributed by atoms with Crippen molar-refractivity contribution >= 4 is 29.9 Å². The Morgan fingerprint density at radius 1 is 1.09 bits per heavy atom. The molecule has 0 radical (unpaired) electrons. The summed E-state index contributed by atoms with van der Waals surface area (Å²) in [4.78, 5) is 4.18. The van der Waals surface area contributed by atoms with Crippen molar-refractivity contribution < 1.29 is 9.47 Å². The van der Waals surface area contributed by atoms with Crippen LogP contribution in [0.1, 0.15) is 24.5 Å². The Morgan fingerprint density at radius 2 is 1.74 bits per heavy atom. The summed E-state index contributed by atoms with van der Waals surface area (Å²) in [5.41, 5.74) is 2.33. The number of hydrogen-bond acceptors (Lipinski definition) is 3. The Morgan fingerprint density at radius 3 is 2.35 bits per heavy atom. The zero-order valence-electron chi connectivity index (χ0n) is 14.6. The van der Waals surface area contributed by atoms with Gasteiger partial charge >= 0.3 is 0 Å². The van der Waals surface area contributed by atoms with E-state index in [9.17, 15) is 0 Å². The van der Waals surface area contributed by atoms with E-state index >= 15 is 0 Å². The fraction of sp³-hybridized carbons (Fsp3) is 0.588. The third-order valence-corrected chi connectivity index (χ3v) is 3.24. The number of ether oxygens (including phenoxy) is 2. The molecule has 0 fully saturated rings. The second-order valence-electron chi connectivity index (χ2n) is 5.05. The van der Waals surface area contributed by atoms with Gasteiger partial charge in [-0.1, -0.05) is 18.2 Å². The number of nitrogens with one attached hydrogen (secondary N) is 2. The molecule has 1 rings (SSSR count). The van der Waals surface area contributed by atoms with Crippen LogP contribution in [-0.2, 0) is 4.74 Å². The number of nitrogens with zero attached hydrogens (tertiary/aromatic N) is 1. The molecule has 1 aromatic rings. The van der Waals surface area contributed by atoms with Crippen LogP contribution < -0.4 is 15.4 Å². The zero-order chi connectivity index (χ0) is 16.2. The predicted octanol–water partition coefficient (Wildman–Crippen LogP) is 2.89. The number of aliphatic imine (C=N–C) groups is 1. The molecule has 0 bridgehead atoms. The molecule has 0 spiro atoms. The summed E-state index contributed by atoms with van der Waals surface area (Å²) in [5, 5.41) is 6.50. The van der Waals surface area contributed by atoms with Crippen LogP contribution in [0.15, 0.2) is 23.2 Å². The molecule has 0 atom stereocenters. The van der Waals surface area contributed by atoms with Gasteiger partial charge in [0.25, 0.3) is 0 Å². The van der Waals surface area contributed by atoms with Crippen LogP contribution >= 0.6 is 24.0 Å². The molecule has 0 saturated carbocycles. The molecule has 0 amide bonds. The molecule has 0 heterocycles. The summed E-state index contributed by atoms with van der Waals surface area (Å²) in [6, 6.07) is 6.17. The zero-order valence-corrected chi connectivity index (χ0v) is 17.0. The summed E-state index contributed by atoms with van der Waals surface area (Å²) in [6.07, 6.45) is 0.966. The van der Waals surface area contributed by atoms with Gasteiger partial charge in [0, 0.05) is 26.8 Å². The predicted molar refractivity (Wildman–Crippen MR) is 107 cm³/mol. The molecule has 0 aliphatic heterocycles. The van der Waals surface area contributed by atoms with Gasteiger partial charge in [-0.2, -0.15) is 0 Å². The van der Waals surface area contributed by atoms with Crippen molar-refractivity contribution in [1.82, 2.24) is 10.6 Å². The second-order valence-corrected chi connectivity index (χ2v) is 5.05. The molecule has 6 heteroatoms. The lowest BCUT2D eigenvalue weighted by Crippen LogP contribution is -2.39. The molecule has 5 nitrogen and oxygen atoms in total. The highest BCUT2D eigenvalue weighted by Crippen LogP contribution is 2.21. The third kappa shape index (κ3) is 9.00. The van der Waals surface area contributed by atoms with Crippen molar-refractivity contribution in [3.63, 3.8) is 0 Å². The Kier molecular flexibility index (Phi) is 12.8. The van der Waals surface area contributed by atoms with E-state index in [2.05, 4.69) is 41.6 Å². The van der Waals surface area contributed by atoms with E-state index in [1.165, 1.54) is 11.1 Å². The first-order valence-electron chi connectivity index (χ1n) is 7.90. The first-order valence-corrected chi connectivity index (χ1v) is 7.90. The Balaban J connectivity index is 0.00000484. The van der Waals surface area contributed by atoms with Crippen LogP contribution in [0.4, 0.5) is 0 Å². The van der Waals surface area contributed by atoms with E-state index in [1.54, 1.807) is 7.05 Å². The highest BCUT2D eigenvalue weighted by Gasteiger charge is 2.03. The molecular weight excluding hydrogens is 405 g/mol. The van der Waals surface area contributed by atoms with Crippen molar-refractivity contribution in [3.8, 4) is 5.75 Å². The minimum absolute atomic E-state index is 0. The largest absolute Gasteiger partial charge is 0.491 e.